The molecule has 2 aromatic rings. The second-order valence-electron chi connectivity index (χ2n) is 6.79. The monoisotopic (exact) mass is 384 g/mol. The smallest absolute Gasteiger partial charge is 0.315 e. The van der Waals surface area contributed by atoms with Gasteiger partial charge in [0, 0.05) is 18.7 Å². The molecule has 0 saturated heterocycles. The minimum atomic E-state index is -0.406. The number of nitrogens with two attached hydrogens (primary N) is 1. The van der Waals surface area contributed by atoms with Gasteiger partial charge in [0.2, 0.25) is 0 Å². The zero-order chi connectivity index (χ0) is 20.4. The van der Waals surface area contributed by atoms with Crippen LogP contribution in [0.2, 0.25) is 0 Å². The predicted molar refractivity (Wildman–Crippen MR) is 113 cm³/mol. The number of ether oxygens (including phenoxy) is 2. The van der Waals surface area contributed by atoms with E-state index in [9.17, 15) is 4.79 Å². The van der Waals surface area contributed by atoms with Gasteiger partial charge in [0.15, 0.2) is 0 Å². The molecule has 2 amide bonds. The number of carbonyl (C=O) groups excluding carboxylic acids is 1. The second kappa shape index (κ2) is 11.2. The Kier molecular flexibility index (Phi) is 8.66. The summed E-state index contributed by atoms with van der Waals surface area (Å²) in [6.07, 6.45) is 2.91. The van der Waals surface area contributed by atoms with E-state index in [-0.39, 0.29) is 0 Å². The van der Waals surface area contributed by atoms with Crippen molar-refractivity contribution in [2.75, 3.05) is 19.8 Å². The summed E-state index contributed by atoms with van der Waals surface area (Å²) >= 11 is 0. The van der Waals surface area contributed by atoms with Crippen molar-refractivity contribution in [2.24, 2.45) is 5.73 Å². The molecule has 0 bridgehead atoms. The van der Waals surface area contributed by atoms with E-state index in [1.165, 1.54) is 5.56 Å². The number of unbranched alkanes of at least 4 members (excludes halogenated alkanes) is 1. The van der Waals surface area contributed by atoms with Crippen molar-refractivity contribution in [1.29, 1.82) is 0 Å². The topological polar surface area (TPSA) is 64.8 Å². The maximum atomic E-state index is 11.9. The number of nitrogens with zero attached hydrogens (tertiary/aromatic N) is 1. The van der Waals surface area contributed by atoms with Gasteiger partial charge in [-0.2, -0.15) is 0 Å². The molecule has 0 aliphatic carbocycles. The molecule has 152 valence electrons. The van der Waals surface area contributed by atoms with Gasteiger partial charge in [0.25, 0.3) is 0 Å². The van der Waals surface area contributed by atoms with E-state index in [2.05, 4.69) is 12.1 Å². The summed E-state index contributed by atoms with van der Waals surface area (Å²) in [5.74, 6) is 1.58. The van der Waals surface area contributed by atoms with Gasteiger partial charge in [0.1, 0.15) is 11.5 Å². The third kappa shape index (κ3) is 6.48. The molecule has 0 radical (unpaired) electrons. The molecule has 0 heterocycles. The molecule has 0 aliphatic rings. The zero-order valence-corrected chi connectivity index (χ0v) is 17.2. The van der Waals surface area contributed by atoms with Crippen molar-refractivity contribution >= 4 is 6.03 Å². The molecule has 5 heteroatoms. The van der Waals surface area contributed by atoms with Crippen molar-refractivity contribution in [3.63, 3.8) is 0 Å². The Morgan fingerprint density at radius 1 is 0.964 bits per heavy atom. The summed E-state index contributed by atoms with van der Waals surface area (Å²) in [5.41, 5.74) is 8.87. The van der Waals surface area contributed by atoms with Crippen LogP contribution in [-0.2, 0) is 13.0 Å². The highest BCUT2D eigenvalue weighted by Gasteiger charge is 2.14. The lowest BCUT2D eigenvalue weighted by molar-refractivity contribution is 0.203. The molecule has 0 saturated carbocycles. The fourth-order valence-corrected chi connectivity index (χ4v) is 3.18. The van der Waals surface area contributed by atoms with Crippen LogP contribution in [0, 0.1) is 6.92 Å². The van der Waals surface area contributed by atoms with E-state index in [4.69, 9.17) is 15.2 Å². The number of hydrogen-bond donors (Lipinski definition) is 1. The minimum Gasteiger partial charge on any atom is -0.493 e. The quantitative estimate of drug-likeness (QED) is 0.571. The van der Waals surface area contributed by atoms with Gasteiger partial charge < -0.3 is 20.1 Å². The van der Waals surface area contributed by atoms with Crippen LogP contribution in [0.25, 0.3) is 0 Å². The van der Waals surface area contributed by atoms with E-state index in [0.29, 0.717) is 26.3 Å². The SMILES string of the molecule is CCOc1cc(CN(CCCCc2ccccc2)C(N)=O)cc(OCC)c1C. The summed E-state index contributed by atoms with van der Waals surface area (Å²) in [4.78, 5) is 13.6. The van der Waals surface area contributed by atoms with Crippen molar-refractivity contribution in [1.82, 2.24) is 4.90 Å². The van der Waals surface area contributed by atoms with Gasteiger partial charge in [-0.3, -0.25) is 0 Å². The summed E-state index contributed by atoms with van der Waals surface area (Å²) in [7, 11) is 0. The highest BCUT2D eigenvalue weighted by molar-refractivity contribution is 5.72. The number of benzene rings is 2. The van der Waals surface area contributed by atoms with Gasteiger partial charge in [0.05, 0.1) is 13.2 Å². The first-order valence-electron chi connectivity index (χ1n) is 10.0. The Balaban J connectivity index is 2.01. The average Bonchev–Trinajstić information content (AvgIpc) is 2.68. The largest absolute Gasteiger partial charge is 0.493 e. The molecular weight excluding hydrogens is 352 g/mol. The van der Waals surface area contributed by atoms with Crippen LogP contribution >= 0.6 is 0 Å². The number of hydrogen-bond acceptors (Lipinski definition) is 3. The fourth-order valence-electron chi connectivity index (χ4n) is 3.18. The van der Waals surface area contributed by atoms with Crippen LogP contribution in [0.15, 0.2) is 42.5 Å². The molecule has 0 aromatic heterocycles. The molecule has 2 N–H and O–H groups in total. The van der Waals surface area contributed by atoms with Crippen molar-refractivity contribution in [3.8, 4) is 11.5 Å². The Morgan fingerprint density at radius 2 is 1.57 bits per heavy atom. The summed E-state index contributed by atoms with van der Waals surface area (Å²) < 4.78 is 11.5. The van der Waals surface area contributed by atoms with Crippen molar-refractivity contribution < 1.29 is 14.3 Å². The first-order valence-corrected chi connectivity index (χ1v) is 10.0. The zero-order valence-electron chi connectivity index (χ0n) is 17.2. The van der Waals surface area contributed by atoms with E-state index < -0.39 is 6.03 Å². The number of rotatable bonds is 11. The summed E-state index contributed by atoms with van der Waals surface area (Å²) in [6.45, 7) is 8.12. The number of urea groups is 1. The first kappa shape index (κ1) is 21.6. The Labute approximate surface area is 168 Å². The predicted octanol–water partition coefficient (Wildman–Crippen LogP) is 4.70. The second-order valence-corrected chi connectivity index (χ2v) is 6.79. The number of carbonyl (C=O) groups is 1. The lowest BCUT2D eigenvalue weighted by Gasteiger charge is -2.22. The van der Waals surface area contributed by atoms with Crippen molar-refractivity contribution in [2.45, 2.75) is 46.6 Å². The molecule has 2 aromatic carbocycles. The van der Waals surface area contributed by atoms with Crippen LogP contribution in [-0.4, -0.2) is 30.7 Å². The maximum absolute atomic E-state index is 11.9. The lowest BCUT2D eigenvalue weighted by Crippen LogP contribution is -2.36. The van der Waals surface area contributed by atoms with E-state index in [1.54, 1.807) is 4.90 Å². The molecular formula is C23H32N2O3. The third-order valence-electron chi connectivity index (χ3n) is 4.64. The molecule has 0 aliphatic heterocycles. The standard InChI is InChI=1S/C23H32N2O3/c1-4-27-21-15-20(16-22(18(21)3)28-5-2)17-25(23(24)26)14-10-9-13-19-11-7-6-8-12-19/h6-8,11-12,15-16H,4-5,9-10,13-14,17H2,1-3H3,(H2,24,26). The van der Waals surface area contributed by atoms with Crippen LogP contribution in [0.1, 0.15) is 43.4 Å². The summed E-state index contributed by atoms with van der Waals surface area (Å²) in [6, 6.07) is 13.9. The molecule has 0 fully saturated rings. The highest BCUT2D eigenvalue weighted by atomic mass is 16.5. The van der Waals surface area contributed by atoms with Gasteiger partial charge in [-0.25, -0.2) is 4.79 Å². The highest BCUT2D eigenvalue weighted by Crippen LogP contribution is 2.30. The molecule has 0 atom stereocenters. The van der Waals surface area contributed by atoms with Crippen LogP contribution in [0.5, 0.6) is 11.5 Å². The van der Waals surface area contributed by atoms with Gasteiger partial charge in [-0.15, -0.1) is 0 Å². The van der Waals surface area contributed by atoms with E-state index >= 15 is 0 Å². The van der Waals surface area contributed by atoms with Gasteiger partial charge >= 0.3 is 6.03 Å². The maximum Gasteiger partial charge on any atom is 0.315 e. The van der Waals surface area contributed by atoms with Crippen LogP contribution < -0.4 is 15.2 Å². The van der Waals surface area contributed by atoms with E-state index in [1.807, 2.05) is 51.1 Å². The number of aryl methyl sites for hydroxylation is 1. The molecule has 5 nitrogen and oxygen atoms in total. The average molecular weight is 385 g/mol. The van der Waals surface area contributed by atoms with Gasteiger partial charge in [-0.05, 0) is 63.3 Å². The molecule has 2 rings (SSSR count). The van der Waals surface area contributed by atoms with E-state index in [0.717, 1.165) is 41.9 Å². The third-order valence-corrected chi connectivity index (χ3v) is 4.64. The van der Waals surface area contributed by atoms with Crippen LogP contribution in [0.3, 0.4) is 0 Å². The number of primary amides is 1. The van der Waals surface area contributed by atoms with Crippen LogP contribution in [0.4, 0.5) is 4.79 Å². The minimum absolute atomic E-state index is 0.406. The number of amides is 2. The molecule has 0 unspecified atom stereocenters. The Hall–Kier alpha value is -2.69. The summed E-state index contributed by atoms with van der Waals surface area (Å²) in [5, 5.41) is 0. The first-order chi connectivity index (χ1) is 13.5. The Morgan fingerprint density at radius 3 is 2.11 bits per heavy atom. The molecule has 28 heavy (non-hydrogen) atoms. The van der Waals surface area contributed by atoms with Gasteiger partial charge in [-0.1, -0.05) is 30.3 Å². The fraction of sp³-hybridized carbons (Fsp3) is 0.435. The normalized spacial score (nSPS) is 10.5. The van der Waals surface area contributed by atoms with Crippen molar-refractivity contribution in [3.05, 3.63) is 59.2 Å². The Bertz CT molecular complexity index is 720. The lowest BCUT2D eigenvalue weighted by atomic mass is 10.1. The molecule has 0 spiro atoms.